The number of hydrogen-bond donors (Lipinski definition) is 1. The number of nitrogens with zero attached hydrogens (tertiary/aromatic N) is 3. The van der Waals surface area contributed by atoms with Gasteiger partial charge in [-0.05, 0) is 19.1 Å². The van der Waals surface area contributed by atoms with Crippen molar-refractivity contribution in [3.63, 3.8) is 0 Å². The second-order valence-electron chi connectivity index (χ2n) is 4.16. The van der Waals surface area contributed by atoms with Gasteiger partial charge >= 0.3 is 0 Å². The zero-order valence-electron chi connectivity index (χ0n) is 10.1. The van der Waals surface area contributed by atoms with Crippen molar-refractivity contribution < 1.29 is 0 Å². The van der Waals surface area contributed by atoms with E-state index in [4.69, 9.17) is 0 Å². The van der Waals surface area contributed by atoms with Crippen LogP contribution in [0.1, 0.15) is 16.4 Å². The van der Waals surface area contributed by atoms with Gasteiger partial charge < -0.3 is 9.72 Å². The van der Waals surface area contributed by atoms with Crippen LogP contribution < -0.4 is 5.32 Å². The van der Waals surface area contributed by atoms with E-state index in [1.807, 2.05) is 35.7 Å². The Bertz CT molecular complexity index is 623. The van der Waals surface area contributed by atoms with E-state index in [1.54, 1.807) is 11.3 Å². The zero-order chi connectivity index (χ0) is 12.4. The summed E-state index contributed by atoms with van der Waals surface area (Å²) in [5.74, 6) is 0. The molecule has 3 heterocycles. The standard InChI is InChI=1S/C13H14N4S/c1-10-15-12(9-18-10)7-14-6-11-8-17-5-3-2-4-13(17)16-11/h2-5,8-9,14H,6-7H2,1H3. The summed E-state index contributed by atoms with van der Waals surface area (Å²) in [5.41, 5.74) is 3.13. The van der Waals surface area contributed by atoms with E-state index in [0.29, 0.717) is 0 Å². The average Bonchev–Trinajstić information content (AvgIpc) is 2.95. The van der Waals surface area contributed by atoms with Crippen LogP contribution in [-0.4, -0.2) is 14.4 Å². The summed E-state index contributed by atoms with van der Waals surface area (Å²) in [6, 6.07) is 6.01. The Balaban J connectivity index is 1.62. The molecule has 0 spiro atoms. The molecule has 0 aliphatic carbocycles. The fraction of sp³-hybridized carbons (Fsp3) is 0.231. The van der Waals surface area contributed by atoms with Crippen molar-refractivity contribution >= 4 is 17.0 Å². The van der Waals surface area contributed by atoms with E-state index in [0.717, 1.165) is 35.1 Å². The number of thiazole rings is 1. The fourth-order valence-corrected chi connectivity index (χ4v) is 2.49. The second kappa shape index (κ2) is 4.88. The van der Waals surface area contributed by atoms with E-state index in [9.17, 15) is 0 Å². The third-order valence-electron chi connectivity index (χ3n) is 2.69. The molecule has 0 aliphatic rings. The van der Waals surface area contributed by atoms with E-state index < -0.39 is 0 Å². The number of aryl methyl sites for hydroxylation is 1. The Labute approximate surface area is 109 Å². The van der Waals surface area contributed by atoms with Crippen molar-refractivity contribution in [1.29, 1.82) is 0 Å². The SMILES string of the molecule is Cc1nc(CNCc2cn3ccccc3n2)cs1. The molecule has 0 fully saturated rings. The molecule has 0 aromatic carbocycles. The lowest BCUT2D eigenvalue weighted by molar-refractivity contribution is 0.672. The Morgan fingerprint density at radius 3 is 2.89 bits per heavy atom. The molecule has 0 atom stereocenters. The number of rotatable bonds is 4. The van der Waals surface area contributed by atoms with Gasteiger partial charge in [-0.2, -0.15) is 0 Å². The van der Waals surface area contributed by atoms with Gasteiger partial charge in [0.05, 0.1) is 16.4 Å². The Hall–Kier alpha value is -1.72. The molecule has 0 bridgehead atoms. The molecule has 3 aromatic heterocycles. The highest BCUT2D eigenvalue weighted by molar-refractivity contribution is 7.09. The summed E-state index contributed by atoms with van der Waals surface area (Å²) in [6.45, 7) is 3.58. The molecule has 0 unspecified atom stereocenters. The van der Waals surface area contributed by atoms with E-state index in [-0.39, 0.29) is 0 Å². The summed E-state index contributed by atoms with van der Waals surface area (Å²) in [7, 11) is 0. The highest BCUT2D eigenvalue weighted by Crippen LogP contribution is 2.08. The molecule has 0 radical (unpaired) electrons. The van der Waals surface area contributed by atoms with E-state index in [1.165, 1.54) is 0 Å². The second-order valence-corrected chi connectivity index (χ2v) is 5.22. The number of imidazole rings is 1. The van der Waals surface area contributed by atoms with Crippen LogP contribution in [-0.2, 0) is 13.1 Å². The largest absolute Gasteiger partial charge is 0.307 e. The highest BCUT2D eigenvalue weighted by Gasteiger charge is 2.01. The predicted octanol–water partition coefficient (Wildman–Crippen LogP) is 2.39. The Morgan fingerprint density at radius 1 is 1.22 bits per heavy atom. The first-order valence-electron chi connectivity index (χ1n) is 5.85. The first kappa shape index (κ1) is 11.4. The van der Waals surface area contributed by atoms with Crippen LogP contribution >= 0.6 is 11.3 Å². The topological polar surface area (TPSA) is 42.2 Å². The molecule has 3 rings (SSSR count). The molecule has 0 aliphatic heterocycles. The number of hydrogen-bond acceptors (Lipinski definition) is 4. The van der Waals surface area contributed by atoms with Crippen molar-refractivity contribution in [2.24, 2.45) is 0 Å². The van der Waals surface area contributed by atoms with Gasteiger partial charge in [0.15, 0.2) is 0 Å². The molecule has 4 nitrogen and oxygen atoms in total. The van der Waals surface area contributed by atoms with Crippen molar-refractivity contribution in [2.75, 3.05) is 0 Å². The van der Waals surface area contributed by atoms with Gasteiger partial charge in [-0.1, -0.05) is 6.07 Å². The smallest absolute Gasteiger partial charge is 0.137 e. The molecule has 3 aromatic rings. The maximum absolute atomic E-state index is 4.53. The Kier molecular flexibility index (Phi) is 3.08. The lowest BCUT2D eigenvalue weighted by Gasteiger charge is -1.98. The zero-order valence-corrected chi connectivity index (χ0v) is 10.9. The van der Waals surface area contributed by atoms with Crippen molar-refractivity contribution in [3.05, 3.63) is 52.4 Å². The number of aromatic nitrogens is 3. The number of fused-ring (bicyclic) bond motifs is 1. The molecule has 0 amide bonds. The molecule has 0 saturated heterocycles. The third kappa shape index (κ3) is 2.42. The van der Waals surface area contributed by atoms with Crippen molar-refractivity contribution in [1.82, 2.24) is 19.7 Å². The van der Waals surface area contributed by atoms with Gasteiger partial charge in [0.2, 0.25) is 0 Å². The lowest BCUT2D eigenvalue weighted by atomic mass is 10.4. The fourth-order valence-electron chi connectivity index (χ4n) is 1.88. The van der Waals surface area contributed by atoms with Crippen LogP contribution in [0.2, 0.25) is 0 Å². The highest BCUT2D eigenvalue weighted by atomic mass is 32.1. The van der Waals surface area contributed by atoms with Crippen LogP contribution in [0.15, 0.2) is 36.0 Å². The molecule has 18 heavy (non-hydrogen) atoms. The molecule has 5 heteroatoms. The summed E-state index contributed by atoms with van der Waals surface area (Å²) in [5, 5.41) is 6.56. The van der Waals surface area contributed by atoms with Crippen molar-refractivity contribution in [3.8, 4) is 0 Å². The van der Waals surface area contributed by atoms with Crippen LogP contribution in [0.4, 0.5) is 0 Å². The van der Waals surface area contributed by atoms with Crippen molar-refractivity contribution in [2.45, 2.75) is 20.0 Å². The van der Waals surface area contributed by atoms with Gasteiger partial charge in [-0.3, -0.25) is 0 Å². The van der Waals surface area contributed by atoms with Gasteiger partial charge in [-0.25, -0.2) is 9.97 Å². The molecule has 0 saturated carbocycles. The van der Waals surface area contributed by atoms with E-state index in [2.05, 4.69) is 26.9 Å². The Morgan fingerprint density at radius 2 is 2.11 bits per heavy atom. The minimum absolute atomic E-state index is 0.762. The number of nitrogens with one attached hydrogen (secondary N) is 1. The molecule has 1 N–H and O–H groups in total. The minimum atomic E-state index is 0.762. The summed E-state index contributed by atoms with van der Waals surface area (Å²) in [4.78, 5) is 8.95. The molecule has 92 valence electrons. The molecular formula is C13H14N4S. The summed E-state index contributed by atoms with van der Waals surface area (Å²) < 4.78 is 2.03. The number of pyridine rings is 1. The maximum Gasteiger partial charge on any atom is 0.137 e. The summed E-state index contributed by atoms with van der Waals surface area (Å²) in [6.07, 6.45) is 4.06. The van der Waals surface area contributed by atoms with E-state index >= 15 is 0 Å². The minimum Gasteiger partial charge on any atom is -0.307 e. The normalized spacial score (nSPS) is 11.2. The predicted molar refractivity (Wildman–Crippen MR) is 72.6 cm³/mol. The van der Waals surface area contributed by atoms with Gasteiger partial charge in [0.1, 0.15) is 5.65 Å². The van der Waals surface area contributed by atoms with Crippen LogP contribution in [0.5, 0.6) is 0 Å². The quantitative estimate of drug-likeness (QED) is 0.781. The average molecular weight is 258 g/mol. The van der Waals surface area contributed by atoms with Gasteiger partial charge in [0, 0.05) is 30.9 Å². The first-order chi connectivity index (χ1) is 8.81. The first-order valence-corrected chi connectivity index (χ1v) is 6.73. The summed E-state index contributed by atoms with van der Waals surface area (Å²) >= 11 is 1.68. The molecular weight excluding hydrogens is 244 g/mol. The lowest BCUT2D eigenvalue weighted by Crippen LogP contribution is -2.13. The van der Waals surface area contributed by atoms with Crippen LogP contribution in [0.25, 0.3) is 5.65 Å². The third-order valence-corrected chi connectivity index (χ3v) is 3.52. The van der Waals surface area contributed by atoms with Crippen LogP contribution in [0, 0.1) is 6.92 Å². The van der Waals surface area contributed by atoms with Gasteiger partial charge in [0.25, 0.3) is 0 Å². The van der Waals surface area contributed by atoms with Crippen LogP contribution in [0.3, 0.4) is 0 Å². The van der Waals surface area contributed by atoms with Gasteiger partial charge in [-0.15, -0.1) is 11.3 Å². The monoisotopic (exact) mass is 258 g/mol. The maximum atomic E-state index is 4.53.